The van der Waals surface area contributed by atoms with Gasteiger partial charge in [0.2, 0.25) is 9.84 Å². The van der Waals surface area contributed by atoms with Crippen molar-refractivity contribution < 1.29 is 27.7 Å². The molecule has 2 aromatic carbocycles. The highest BCUT2D eigenvalue weighted by Gasteiger charge is 2.27. The zero-order valence-electron chi connectivity index (χ0n) is 17.3. The van der Waals surface area contributed by atoms with Crippen molar-refractivity contribution in [2.75, 3.05) is 13.2 Å². The van der Waals surface area contributed by atoms with Gasteiger partial charge in [0.15, 0.2) is 11.5 Å². The maximum absolute atomic E-state index is 13.0. The Hall–Kier alpha value is -3.21. The van der Waals surface area contributed by atoms with E-state index in [9.17, 15) is 28.6 Å². The van der Waals surface area contributed by atoms with Crippen molar-refractivity contribution in [1.29, 1.82) is 0 Å². The van der Waals surface area contributed by atoms with Crippen molar-refractivity contribution in [3.8, 4) is 11.5 Å². The number of benzene rings is 2. The minimum atomic E-state index is -4.25. The lowest BCUT2D eigenvalue weighted by atomic mass is 10.3. The molecule has 0 saturated carbocycles. The zero-order chi connectivity index (χ0) is 23.0. The molecule has 0 atom stereocenters. The van der Waals surface area contributed by atoms with E-state index in [4.69, 9.17) is 9.47 Å². The van der Waals surface area contributed by atoms with E-state index in [0.717, 1.165) is 25.0 Å². The van der Waals surface area contributed by atoms with E-state index in [2.05, 4.69) is 0 Å². The topological polar surface area (TPSA) is 139 Å². The van der Waals surface area contributed by atoms with Crippen LogP contribution >= 0.6 is 0 Å². The number of hydrogen-bond donors (Lipinski definition) is 0. The zero-order valence-corrected chi connectivity index (χ0v) is 18.1. The Morgan fingerprint density at radius 1 is 0.774 bits per heavy atom. The molecule has 0 aliphatic carbocycles. The monoisotopic (exact) mass is 452 g/mol. The first-order valence-electron chi connectivity index (χ1n) is 9.79. The second-order valence-electron chi connectivity index (χ2n) is 6.68. The SMILES string of the molecule is CCCCOc1ccc(S(=O)(=O)c2ccc(OCCCC)c([N+](=O)[O-])c2)cc1[N+](=O)[O-]. The molecule has 11 heteroatoms. The highest BCUT2D eigenvalue weighted by molar-refractivity contribution is 7.91. The third kappa shape index (κ3) is 5.91. The van der Waals surface area contributed by atoms with Crippen LogP contribution in [0.5, 0.6) is 11.5 Å². The van der Waals surface area contributed by atoms with E-state index >= 15 is 0 Å². The van der Waals surface area contributed by atoms with Crippen LogP contribution in [0.25, 0.3) is 0 Å². The Kier molecular flexibility index (Phi) is 8.31. The van der Waals surface area contributed by atoms with Crippen LogP contribution in [0.2, 0.25) is 0 Å². The van der Waals surface area contributed by atoms with Crippen molar-refractivity contribution in [3.05, 3.63) is 56.6 Å². The molecule has 0 unspecified atom stereocenters. The van der Waals surface area contributed by atoms with Crippen LogP contribution in [0.15, 0.2) is 46.2 Å². The average Bonchev–Trinajstić information content (AvgIpc) is 2.74. The molecule has 168 valence electrons. The number of rotatable bonds is 12. The molecule has 0 fully saturated rings. The number of sulfone groups is 1. The normalized spacial score (nSPS) is 11.2. The number of nitro groups is 2. The Morgan fingerprint density at radius 2 is 1.16 bits per heavy atom. The molecule has 0 amide bonds. The molecule has 0 aliphatic heterocycles. The predicted molar refractivity (Wildman–Crippen MR) is 112 cm³/mol. The first kappa shape index (κ1) is 24.1. The number of hydrogen-bond acceptors (Lipinski definition) is 8. The molecule has 0 aliphatic rings. The summed E-state index contributed by atoms with van der Waals surface area (Å²) in [7, 11) is -4.25. The van der Waals surface area contributed by atoms with Crippen LogP contribution in [-0.2, 0) is 9.84 Å². The van der Waals surface area contributed by atoms with Crippen molar-refractivity contribution in [2.45, 2.75) is 49.3 Å². The second kappa shape index (κ2) is 10.7. The molecular formula is C20H24N2O8S. The standard InChI is InChI=1S/C20H24N2O8S/c1-3-5-11-29-19-9-7-15(13-17(19)21(23)24)31(27,28)16-8-10-20(30-12-6-4-2)18(14-16)22(25)26/h7-10,13-14H,3-6,11-12H2,1-2H3. The Labute approximate surface area is 180 Å². The lowest BCUT2D eigenvalue weighted by Crippen LogP contribution is -2.06. The summed E-state index contributed by atoms with van der Waals surface area (Å²) in [6, 6.07) is 6.60. The molecule has 0 bridgehead atoms. The maximum Gasteiger partial charge on any atom is 0.312 e. The van der Waals surface area contributed by atoms with Crippen LogP contribution in [0.1, 0.15) is 39.5 Å². The van der Waals surface area contributed by atoms with Gasteiger partial charge in [0.1, 0.15) is 0 Å². The van der Waals surface area contributed by atoms with Crippen molar-refractivity contribution in [3.63, 3.8) is 0 Å². The minimum Gasteiger partial charge on any atom is -0.487 e. The van der Waals surface area contributed by atoms with Gasteiger partial charge in [0.25, 0.3) is 0 Å². The third-order valence-corrected chi connectivity index (χ3v) is 6.13. The summed E-state index contributed by atoms with van der Waals surface area (Å²) in [5.41, 5.74) is -0.989. The summed E-state index contributed by atoms with van der Waals surface area (Å²) in [6.07, 6.45) is 3.04. The van der Waals surface area contributed by atoms with Crippen LogP contribution in [0, 0.1) is 20.2 Å². The molecule has 31 heavy (non-hydrogen) atoms. The third-order valence-electron chi connectivity index (χ3n) is 4.39. The van der Waals surface area contributed by atoms with Gasteiger partial charge in [-0.05, 0) is 37.1 Å². The van der Waals surface area contributed by atoms with E-state index in [1.807, 2.05) is 13.8 Å². The van der Waals surface area contributed by atoms with Gasteiger partial charge in [-0.2, -0.15) is 0 Å². The van der Waals surface area contributed by atoms with Crippen molar-refractivity contribution >= 4 is 21.2 Å². The maximum atomic E-state index is 13.0. The summed E-state index contributed by atoms with van der Waals surface area (Å²) >= 11 is 0. The van der Waals surface area contributed by atoms with Crippen LogP contribution < -0.4 is 9.47 Å². The van der Waals surface area contributed by atoms with Gasteiger partial charge in [-0.25, -0.2) is 8.42 Å². The van der Waals surface area contributed by atoms with Crippen LogP contribution in [-0.4, -0.2) is 31.5 Å². The smallest absolute Gasteiger partial charge is 0.312 e. The quantitative estimate of drug-likeness (QED) is 0.257. The molecule has 0 N–H and O–H groups in total. The van der Waals surface area contributed by atoms with E-state index in [1.54, 1.807) is 0 Å². The number of nitrogens with zero attached hydrogens (tertiary/aromatic N) is 2. The summed E-state index contributed by atoms with van der Waals surface area (Å²) in [6.45, 7) is 4.39. The lowest BCUT2D eigenvalue weighted by Gasteiger charge is -2.10. The highest BCUT2D eigenvalue weighted by Crippen LogP contribution is 2.35. The van der Waals surface area contributed by atoms with E-state index in [0.29, 0.717) is 12.8 Å². The molecule has 2 aromatic rings. The van der Waals surface area contributed by atoms with Crippen LogP contribution in [0.4, 0.5) is 11.4 Å². The molecule has 10 nitrogen and oxygen atoms in total. The Morgan fingerprint density at radius 3 is 1.48 bits per heavy atom. The largest absolute Gasteiger partial charge is 0.487 e. The first-order chi connectivity index (χ1) is 14.7. The number of nitro benzene ring substituents is 2. The van der Waals surface area contributed by atoms with E-state index in [-0.39, 0.29) is 34.5 Å². The Balaban J connectivity index is 2.44. The second-order valence-corrected chi connectivity index (χ2v) is 8.63. The minimum absolute atomic E-state index is 0.0388. The first-order valence-corrected chi connectivity index (χ1v) is 11.3. The van der Waals surface area contributed by atoms with Gasteiger partial charge in [0.05, 0.1) is 32.9 Å². The molecular weight excluding hydrogens is 428 g/mol. The molecule has 2 rings (SSSR count). The Bertz CT molecular complexity index is 976. The van der Waals surface area contributed by atoms with E-state index < -0.39 is 31.1 Å². The van der Waals surface area contributed by atoms with Gasteiger partial charge in [-0.1, -0.05) is 26.7 Å². The summed E-state index contributed by atoms with van der Waals surface area (Å²) in [4.78, 5) is 20.6. The molecule has 0 radical (unpaired) electrons. The predicted octanol–water partition coefficient (Wildman–Crippen LogP) is 4.69. The van der Waals surface area contributed by atoms with E-state index in [1.165, 1.54) is 24.3 Å². The molecule has 0 aromatic heterocycles. The van der Waals surface area contributed by atoms with Crippen molar-refractivity contribution in [1.82, 2.24) is 0 Å². The average molecular weight is 452 g/mol. The van der Waals surface area contributed by atoms with Gasteiger partial charge in [-0.3, -0.25) is 20.2 Å². The fourth-order valence-electron chi connectivity index (χ4n) is 2.65. The van der Waals surface area contributed by atoms with Gasteiger partial charge < -0.3 is 9.47 Å². The number of unbranched alkanes of at least 4 members (excludes halogenated alkanes) is 2. The van der Waals surface area contributed by atoms with Gasteiger partial charge in [-0.15, -0.1) is 0 Å². The van der Waals surface area contributed by atoms with Gasteiger partial charge >= 0.3 is 11.4 Å². The van der Waals surface area contributed by atoms with Gasteiger partial charge in [0, 0.05) is 12.1 Å². The summed E-state index contributed by atoms with van der Waals surface area (Å²) < 4.78 is 36.8. The van der Waals surface area contributed by atoms with Crippen LogP contribution in [0.3, 0.4) is 0 Å². The molecule has 0 heterocycles. The molecule has 0 saturated heterocycles. The lowest BCUT2D eigenvalue weighted by molar-refractivity contribution is -0.386. The summed E-state index contributed by atoms with van der Waals surface area (Å²) in [5, 5.41) is 22.8. The van der Waals surface area contributed by atoms with Crippen molar-refractivity contribution in [2.24, 2.45) is 0 Å². The molecule has 0 spiro atoms. The fourth-order valence-corrected chi connectivity index (χ4v) is 3.95. The highest BCUT2D eigenvalue weighted by atomic mass is 32.2. The fraction of sp³-hybridized carbons (Fsp3) is 0.400. The number of ether oxygens (including phenoxy) is 2. The summed E-state index contributed by atoms with van der Waals surface area (Å²) in [5.74, 6) is -0.0777.